The van der Waals surface area contributed by atoms with Crippen molar-refractivity contribution in [2.24, 2.45) is 16.7 Å². The molecule has 4 amide bonds. The van der Waals surface area contributed by atoms with Crippen LogP contribution < -0.4 is 21.4 Å². The first-order chi connectivity index (χ1) is 17.0. The summed E-state index contributed by atoms with van der Waals surface area (Å²) in [5, 5.41) is 17.9. The number of hydrogen-bond acceptors (Lipinski definition) is 4. The lowest BCUT2D eigenvalue weighted by Gasteiger charge is -2.65. The van der Waals surface area contributed by atoms with Gasteiger partial charge in [-0.15, -0.1) is 0 Å². The second-order valence-corrected chi connectivity index (χ2v) is 12.5. The summed E-state index contributed by atoms with van der Waals surface area (Å²) in [6.45, 7) is 5.28. The number of amides is 4. The van der Waals surface area contributed by atoms with Gasteiger partial charge in [0.05, 0.1) is 10.7 Å². The maximum Gasteiger partial charge on any atom is 0.319 e. The van der Waals surface area contributed by atoms with Crippen molar-refractivity contribution in [2.75, 3.05) is 11.9 Å². The molecule has 36 heavy (non-hydrogen) atoms. The van der Waals surface area contributed by atoms with Crippen LogP contribution in [0.2, 0.25) is 5.02 Å². The van der Waals surface area contributed by atoms with E-state index in [-0.39, 0.29) is 23.4 Å². The van der Waals surface area contributed by atoms with Gasteiger partial charge in [-0.3, -0.25) is 14.8 Å². The highest BCUT2D eigenvalue weighted by Gasteiger charge is 2.60. The van der Waals surface area contributed by atoms with Crippen LogP contribution in [0, 0.1) is 16.7 Å². The normalized spacial score (nSPS) is 30.1. The molecule has 5 rings (SSSR count). The van der Waals surface area contributed by atoms with Crippen molar-refractivity contribution < 1.29 is 19.6 Å². The van der Waals surface area contributed by atoms with Crippen LogP contribution in [0.5, 0.6) is 0 Å². The topological polar surface area (TPSA) is 120 Å². The van der Waals surface area contributed by atoms with Crippen LogP contribution in [0.4, 0.5) is 10.5 Å². The van der Waals surface area contributed by atoms with Crippen LogP contribution in [0.3, 0.4) is 0 Å². The van der Waals surface area contributed by atoms with Gasteiger partial charge < -0.3 is 16.0 Å². The number of hydroxylamine groups is 1. The molecule has 5 N–H and O–H groups in total. The highest BCUT2D eigenvalue weighted by Crippen LogP contribution is 2.66. The Morgan fingerprint density at radius 1 is 1.00 bits per heavy atom. The molecule has 0 radical (unpaired) electrons. The van der Waals surface area contributed by atoms with E-state index < -0.39 is 0 Å². The van der Waals surface area contributed by atoms with E-state index in [1.165, 1.54) is 19.3 Å². The Morgan fingerprint density at radius 3 is 2.33 bits per heavy atom. The van der Waals surface area contributed by atoms with Gasteiger partial charge in [-0.1, -0.05) is 38.3 Å². The zero-order chi connectivity index (χ0) is 26.0. The first kappa shape index (κ1) is 26.7. The summed E-state index contributed by atoms with van der Waals surface area (Å²) in [7, 11) is 0. The van der Waals surface area contributed by atoms with Gasteiger partial charge in [-0.2, -0.15) is 0 Å². The van der Waals surface area contributed by atoms with Crippen molar-refractivity contribution >= 4 is 35.1 Å². The number of benzene rings is 1. The van der Waals surface area contributed by atoms with Crippen LogP contribution in [0.15, 0.2) is 18.2 Å². The van der Waals surface area contributed by atoms with Gasteiger partial charge in [-0.05, 0) is 86.3 Å². The van der Waals surface area contributed by atoms with E-state index in [0.717, 1.165) is 38.5 Å². The van der Waals surface area contributed by atoms with Crippen molar-refractivity contribution in [1.29, 1.82) is 0 Å². The Hall–Kier alpha value is -2.32. The quantitative estimate of drug-likeness (QED) is 0.162. The van der Waals surface area contributed by atoms with Crippen molar-refractivity contribution in [2.45, 2.75) is 90.0 Å². The molecule has 0 heterocycles. The molecule has 1 aromatic rings. The number of nitrogens with one attached hydrogen (secondary N) is 4. The predicted octanol–water partition coefficient (Wildman–Crippen LogP) is 5.40. The number of halogens is 1. The third-order valence-electron chi connectivity index (χ3n) is 8.23. The third-order valence-corrected chi connectivity index (χ3v) is 8.54. The van der Waals surface area contributed by atoms with Crippen molar-refractivity contribution in [3.05, 3.63) is 28.8 Å². The summed E-state index contributed by atoms with van der Waals surface area (Å²) in [5.41, 5.74) is 3.01. The smallest absolute Gasteiger partial charge is 0.319 e. The molecule has 1 aromatic carbocycles. The SMILES string of the molecule is CC12CC3CC(C)(C1)CC(NC(=O)Nc1ccc(C(=O)NCCCCCCC(=O)NO)cc1Cl)(C3)C2. The van der Waals surface area contributed by atoms with Crippen LogP contribution in [-0.4, -0.2) is 35.1 Å². The van der Waals surface area contributed by atoms with Crippen LogP contribution in [0.25, 0.3) is 0 Å². The molecule has 8 nitrogen and oxygen atoms in total. The molecule has 198 valence electrons. The summed E-state index contributed by atoms with van der Waals surface area (Å²) in [4.78, 5) is 36.4. The minimum atomic E-state index is -0.382. The van der Waals surface area contributed by atoms with E-state index in [1.54, 1.807) is 23.7 Å². The molecule has 4 fully saturated rings. The van der Waals surface area contributed by atoms with E-state index in [2.05, 4.69) is 29.8 Å². The van der Waals surface area contributed by atoms with E-state index in [1.807, 2.05) is 0 Å². The predicted molar refractivity (Wildman–Crippen MR) is 139 cm³/mol. The molecular formula is C27H39ClN4O4. The molecule has 0 aromatic heterocycles. The molecule has 4 bridgehead atoms. The molecule has 2 atom stereocenters. The summed E-state index contributed by atoms with van der Waals surface area (Å²) < 4.78 is 0. The Morgan fingerprint density at radius 2 is 1.69 bits per heavy atom. The lowest BCUT2D eigenvalue weighted by molar-refractivity contribution is -0.129. The van der Waals surface area contributed by atoms with Crippen molar-refractivity contribution in [3.8, 4) is 0 Å². The Labute approximate surface area is 218 Å². The summed E-state index contributed by atoms with van der Waals surface area (Å²) in [6, 6.07) is 4.68. The van der Waals surface area contributed by atoms with Gasteiger partial charge in [-0.25, -0.2) is 10.3 Å². The number of rotatable bonds is 10. The maximum absolute atomic E-state index is 13.0. The van der Waals surface area contributed by atoms with E-state index in [4.69, 9.17) is 16.8 Å². The van der Waals surface area contributed by atoms with Gasteiger partial charge >= 0.3 is 6.03 Å². The average molecular weight is 519 g/mol. The van der Waals surface area contributed by atoms with Crippen LogP contribution in [-0.2, 0) is 4.79 Å². The van der Waals surface area contributed by atoms with Crippen molar-refractivity contribution in [3.63, 3.8) is 0 Å². The largest absolute Gasteiger partial charge is 0.352 e. The van der Waals surface area contributed by atoms with Gasteiger partial charge in [0, 0.05) is 24.1 Å². The second-order valence-electron chi connectivity index (χ2n) is 12.1. The van der Waals surface area contributed by atoms with E-state index in [9.17, 15) is 14.4 Å². The Bertz CT molecular complexity index is 997. The van der Waals surface area contributed by atoms with E-state index >= 15 is 0 Å². The zero-order valence-electron chi connectivity index (χ0n) is 21.3. The number of unbranched alkanes of at least 4 members (excludes halogenated alkanes) is 3. The van der Waals surface area contributed by atoms with Gasteiger partial charge in [0.25, 0.3) is 5.91 Å². The zero-order valence-corrected chi connectivity index (χ0v) is 22.1. The molecule has 4 aliphatic carbocycles. The highest BCUT2D eigenvalue weighted by molar-refractivity contribution is 6.34. The minimum Gasteiger partial charge on any atom is -0.352 e. The summed E-state index contributed by atoms with van der Waals surface area (Å²) >= 11 is 6.42. The van der Waals surface area contributed by atoms with Gasteiger partial charge in [0.1, 0.15) is 0 Å². The number of hydrogen-bond donors (Lipinski definition) is 5. The molecule has 0 spiro atoms. The lowest BCUT2D eigenvalue weighted by atomic mass is 9.43. The first-order valence-corrected chi connectivity index (χ1v) is 13.5. The van der Waals surface area contributed by atoms with Gasteiger partial charge in [0.15, 0.2) is 0 Å². The highest BCUT2D eigenvalue weighted by atomic mass is 35.5. The van der Waals surface area contributed by atoms with Gasteiger partial charge in [0.2, 0.25) is 5.91 Å². The van der Waals surface area contributed by atoms with E-state index in [0.29, 0.717) is 52.4 Å². The number of carbonyl (C=O) groups excluding carboxylic acids is 3. The molecule has 4 saturated carbocycles. The Kier molecular flexibility index (Phi) is 7.86. The van der Waals surface area contributed by atoms with Crippen LogP contribution >= 0.6 is 11.6 Å². The molecule has 4 aliphatic rings. The summed E-state index contributed by atoms with van der Waals surface area (Å²) in [6.07, 6.45) is 10.4. The monoisotopic (exact) mass is 518 g/mol. The average Bonchev–Trinajstić information content (AvgIpc) is 2.76. The lowest BCUT2D eigenvalue weighted by Crippen LogP contribution is -2.65. The number of carbonyl (C=O) groups is 3. The third kappa shape index (κ3) is 6.32. The molecule has 2 unspecified atom stereocenters. The standard InChI is InChI=1S/C27H39ClN4O4/c1-25-12-18-13-26(2,15-25)17-27(14-18,16-25)31-24(35)30-21-9-8-19(11-20(21)28)23(34)29-10-6-4-3-5-7-22(33)32-36/h8-9,11,18,36H,3-7,10,12-17H2,1-2H3,(H,29,34)(H,32,33)(H2,30,31,35). The first-order valence-electron chi connectivity index (χ1n) is 13.1. The number of urea groups is 1. The van der Waals surface area contributed by atoms with Crippen LogP contribution in [0.1, 0.15) is 94.8 Å². The minimum absolute atomic E-state index is 0.148. The summed E-state index contributed by atoms with van der Waals surface area (Å²) in [5.74, 6) is 0.0837. The fourth-order valence-corrected chi connectivity index (χ4v) is 8.09. The fraction of sp³-hybridized carbons (Fsp3) is 0.667. The Balaban J connectivity index is 1.24. The molecule has 0 aliphatic heterocycles. The second kappa shape index (κ2) is 10.6. The molecular weight excluding hydrogens is 480 g/mol. The molecule has 0 saturated heterocycles. The fourth-order valence-electron chi connectivity index (χ4n) is 7.86. The maximum atomic E-state index is 13.0. The van der Waals surface area contributed by atoms with Crippen molar-refractivity contribution in [1.82, 2.24) is 16.1 Å². The number of anilines is 1. The molecule has 9 heteroatoms.